The number of benzene rings is 3. The first-order valence-corrected chi connectivity index (χ1v) is 15.0. The SMILES string of the molecule is CCC(C(=O)N1CCc2cc(OCc3ccccc3)ccc2C1C(=O)NCCN(C(C)C)C(C)C)c1ccccc1. The van der Waals surface area contributed by atoms with E-state index in [9.17, 15) is 9.59 Å². The number of rotatable bonds is 12. The van der Waals surface area contributed by atoms with E-state index in [0.717, 1.165) is 34.5 Å². The van der Waals surface area contributed by atoms with Gasteiger partial charge in [0, 0.05) is 31.7 Å². The van der Waals surface area contributed by atoms with Crippen LogP contribution in [0.5, 0.6) is 5.75 Å². The van der Waals surface area contributed by atoms with Crippen LogP contribution in [0.1, 0.15) is 75.3 Å². The molecule has 2 atom stereocenters. The van der Waals surface area contributed by atoms with Crippen LogP contribution in [0.2, 0.25) is 0 Å². The molecule has 218 valence electrons. The fourth-order valence-electron chi connectivity index (χ4n) is 5.91. The predicted molar refractivity (Wildman–Crippen MR) is 165 cm³/mol. The molecule has 3 aromatic rings. The lowest BCUT2D eigenvalue weighted by molar-refractivity contribution is -0.142. The summed E-state index contributed by atoms with van der Waals surface area (Å²) in [5.41, 5.74) is 4.02. The predicted octanol–water partition coefficient (Wildman–Crippen LogP) is 6.12. The maximum Gasteiger partial charge on any atom is 0.247 e. The van der Waals surface area contributed by atoms with Crippen LogP contribution in [0.3, 0.4) is 0 Å². The zero-order valence-electron chi connectivity index (χ0n) is 25.2. The van der Waals surface area contributed by atoms with Crippen molar-refractivity contribution in [1.82, 2.24) is 15.1 Å². The third-order valence-electron chi connectivity index (χ3n) is 8.03. The second-order valence-corrected chi connectivity index (χ2v) is 11.4. The van der Waals surface area contributed by atoms with E-state index in [-0.39, 0.29) is 17.7 Å². The number of nitrogens with zero attached hydrogens (tertiary/aromatic N) is 2. The molecule has 0 saturated carbocycles. The Morgan fingerprint density at radius 1 is 0.951 bits per heavy atom. The average Bonchev–Trinajstić information content (AvgIpc) is 2.98. The van der Waals surface area contributed by atoms with Crippen molar-refractivity contribution in [2.45, 2.75) is 78.1 Å². The summed E-state index contributed by atoms with van der Waals surface area (Å²) >= 11 is 0. The summed E-state index contributed by atoms with van der Waals surface area (Å²) in [5.74, 6) is 0.346. The number of hydrogen-bond acceptors (Lipinski definition) is 4. The molecule has 0 bridgehead atoms. The summed E-state index contributed by atoms with van der Waals surface area (Å²) in [4.78, 5) is 32.1. The highest BCUT2D eigenvalue weighted by Crippen LogP contribution is 2.35. The molecule has 0 aliphatic carbocycles. The van der Waals surface area contributed by atoms with Crippen LogP contribution in [0.25, 0.3) is 0 Å². The topological polar surface area (TPSA) is 61.9 Å². The van der Waals surface area contributed by atoms with Crippen molar-refractivity contribution < 1.29 is 14.3 Å². The third-order valence-corrected chi connectivity index (χ3v) is 8.03. The van der Waals surface area contributed by atoms with Crippen LogP contribution >= 0.6 is 0 Å². The fraction of sp³-hybridized carbons (Fsp3) is 0.429. The van der Waals surface area contributed by atoms with Crippen molar-refractivity contribution in [3.8, 4) is 5.75 Å². The van der Waals surface area contributed by atoms with Crippen LogP contribution in [0.15, 0.2) is 78.9 Å². The van der Waals surface area contributed by atoms with E-state index in [1.807, 2.05) is 85.8 Å². The zero-order valence-corrected chi connectivity index (χ0v) is 25.2. The lowest BCUT2D eigenvalue weighted by Crippen LogP contribution is -2.50. The molecular formula is C35H45N3O3. The van der Waals surface area contributed by atoms with Crippen LogP contribution in [-0.4, -0.2) is 53.3 Å². The molecule has 0 spiro atoms. The van der Waals surface area contributed by atoms with Crippen molar-refractivity contribution in [3.63, 3.8) is 0 Å². The monoisotopic (exact) mass is 555 g/mol. The van der Waals surface area contributed by atoms with Crippen molar-refractivity contribution >= 4 is 11.8 Å². The summed E-state index contributed by atoms with van der Waals surface area (Å²) in [7, 11) is 0. The Hall–Kier alpha value is -3.64. The molecule has 1 N–H and O–H groups in total. The first-order valence-electron chi connectivity index (χ1n) is 15.0. The average molecular weight is 556 g/mol. The molecule has 0 radical (unpaired) electrons. The van der Waals surface area contributed by atoms with E-state index < -0.39 is 6.04 Å². The van der Waals surface area contributed by atoms with E-state index in [0.29, 0.717) is 44.6 Å². The normalized spacial score (nSPS) is 15.6. The largest absolute Gasteiger partial charge is 0.489 e. The first-order chi connectivity index (χ1) is 19.8. The van der Waals surface area contributed by atoms with Crippen LogP contribution in [0, 0.1) is 0 Å². The Morgan fingerprint density at radius 3 is 2.24 bits per heavy atom. The summed E-state index contributed by atoms with van der Waals surface area (Å²) in [5, 5.41) is 3.17. The van der Waals surface area contributed by atoms with E-state index >= 15 is 0 Å². The van der Waals surface area contributed by atoms with E-state index in [4.69, 9.17) is 4.74 Å². The standard InChI is InChI=1S/C35H45N3O3/c1-6-31(28-15-11-8-12-16-28)35(40)38-21-19-29-23-30(41-24-27-13-9-7-10-14-27)17-18-32(29)33(38)34(39)36-20-22-37(25(2)3)26(4)5/h7-18,23,25-26,31,33H,6,19-22,24H2,1-5H3,(H,36,39). The summed E-state index contributed by atoms with van der Waals surface area (Å²) < 4.78 is 6.09. The minimum Gasteiger partial charge on any atom is -0.489 e. The van der Waals surface area contributed by atoms with Gasteiger partial charge in [-0.1, -0.05) is 73.7 Å². The maximum atomic E-state index is 14.1. The highest BCUT2D eigenvalue weighted by molar-refractivity contribution is 5.92. The molecule has 1 heterocycles. The van der Waals surface area contributed by atoms with Crippen LogP contribution < -0.4 is 10.1 Å². The molecule has 0 aromatic heterocycles. The van der Waals surface area contributed by atoms with Crippen molar-refractivity contribution in [2.75, 3.05) is 19.6 Å². The lowest BCUT2D eigenvalue weighted by Gasteiger charge is -2.38. The van der Waals surface area contributed by atoms with Gasteiger partial charge in [-0.3, -0.25) is 14.5 Å². The molecular weight excluding hydrogens is 510 g/mol. The molecule has 41 heavy (non-hydrogen) atoms. The molecule has 1 aliphatic rings. The summed E-state index contributed by atoms with van der Waals surface area (Å²) in [6.07, 6.45) is 1.34. The Labute approximate surface area is 245 Å². The highest BCUT2D eigenvalue weighted by Gasteiger charge is 2.38. The van der Waals surface area contributed by atoms with E-state index in [1.165, 1.54) is 0 Å². The van der Waals surface area contributed by atoms with Gasteiger partial charge in [0.15, 0.2) is 0 Å². The van der Waals surface area contributed by atoms with E-state index in [1.54, 1.807) is 4.90 Å². The van der Waals surface area contributed by atoms with E-state index in [2.05, 4.69) is 37.9 Å². The third kappa shape index (κ3) is 7.56. The Morgan fingerprint density at radius 2 is 1.61 bits per heavy atom. The summed E-state index contributed by atoms with van der Waals surface area (Å²) in [6, 6.07) is 26.0. The molecule has 2 unspecified atom stereocenters. The van der Waals surface area contributed by atoms with Crippen molar-refractivity contribution in [1.29, 1.82) is 0 Å². The molecule has 3 aromatic carbocycles. The van der Waals surface area contributed by atoms with Crippen molar-refractivity contribution in [2.24, 2.45) is 0 Å². The number of fused-ring (bicyclic) bond motifs is 1. The van der Waals surface area contributed by atoms with Gasteiger partial charge in [-0.05, 0) is 74.9 Å². The number of carbonyl (C=O) groups is 2. The van der Waals surface area contributed by atoms with Gasteiger partial charge < -0.3 is 15.0 Å². The minimum absolute atomic E-state index is 0.000100. The number of carbonyl (C=O) groups excluding carboxylic acids is 2. The van der Waals surface area contributed by atoms with Crippen molar-refractivity contribution in [3.05, 3.63) is 101 Å². The molecule has 6 heteroatoms. The molecule has 6 nitrogen and oxygen atoms in total. The zero-order chi connectivity index (χ0) is 29.4. The van der Waals surface area contributed by atoms with Gasteiger partial charge in [0.05, 0.1) is 5.92 Å². The lowest BCUT2D eigenvalue weighted by atomic mass is 9.88. The van der Waals surface area contributed by atoms with Crippen LogP contribution in [-0.2, 0) is 22.6 Å². The number of hydrogen-bond donors (Lipinski definition) is 1. The first kappa shape index (κ1) is 30.3. The van der Waals surface area contributed by atoms with Gasteiger partial charge in [0.1, 0.15) is 18.4 Å². The molecule has 0 fully saturated rings. The van der Waals surface area contributed by atoms with Gasteiger partial charge in [-0.2, -0.15) is 0 Å². The second kappa shape index (κ2) is 14.3. The highest BCUT2D eigenvalue weighted by atomic mass is 16.5. The number of ether oxygens (including phenoxy) is 1. The van der Waals surface area contributed by atoms with Gasteiger partial charge in [-0.15, -0.1) is 0 Å². The quantitative estimate of drug-likeness (QED) is 0.293. The summed E-state index contributed by atoms with van der Waals surface area (Å²) in [6.45, 7) is 13.0. The minimum atomic E-state index is -0.682. The molecule has 2 amide bonds. The Bertz CT molecular complexity index is 1270. The molecule has 1 aliphatic heterocycles. The number of nitrogens with one attached hydrogen (secondary N) is 1. The van der Waals surface area contributed by atoms with Gasteiger partial charge in [0.25, 0.3) is 0 Å². The smallest absolute Gasteiger partial charge is 0.247 e. The van der Waals surface area contributed by atoms with Crippen LogP contribution in [0.4, 0.5) is 0 Å². The maximum absolute atomic E-state index is 14.1. The van der Waals surface area contributed by atoms with Gasteiger partial charge in [-0.25, -0.2) is 0 Å². The molecule has 4 rings (SSSR count). The fourth-order valence-corrected chi connectivity index (χ4v) is 5.91. The van der Waals surface area contributed by atoms with Gasteiger partial charge >= 0.3 is 0 Å². The number of amides is 2. The Balaban J connectivity index is 1.58. The Kier molecular flexibility index (Phi) is 10.6. The van der Waals surface area contributed by atoms with Gasteiger partial charge in [0.2, 0.25) is 11.8 Å². The molecule has 0 saturated heterocycles. The second-order valence-electron chi connectivity index (χ2n) is 11.4.